The minimum atomic E-state index is 0.139. The molecule has 0 aromatic rings. The predicted molar refractivity (Wildman–Crippen MR) is 58.5 cm³/mol. The topological polar surface area (TPSA) is 26.3 Å². The molecular weight excluding hydrogens is 279 g/mol. The fourth-order valence-electron chi connectivity index (χ4n) is 2.17. The quantitative estimate of drug-likeness (QED) is 0.642. The minimum Gasteiger partial charge on any atom is -0.496 e. The number of allylic oxidation sites excluding steroid dienone is 1. The summed E-state index contributed by atoms with van der Waals surface area (Å²) in [4.78, 5) is 11.7. The summed E-state index contributed by atoms with van der Waals surface area (Å²) in [5, 5.41) is 0. The lowest BCUT2D eigenvalue weighted by molar-refractivity contribution is -0.126. The van der Waals surface area contributed by atoms with Crippen LogP contribution in [-0.2, 0) is 9.53 Å². The molecule has 2 rings (SSSR count). The van der Waals surface area contributed by atoms with Gasteiger partial charge in [-0.3, -0.25) is 4.79 Å². The average molecular weight is 292 g/mol. The molecule has 0 radical (unpaired) electrons. The van der Waals surface area contributed by atoms with Crippen molar-refractivity contribution in [2.75, 3.05) is 0 Å². The molecule has 72 valence electrons. The van der Waals surface area contributed by atoms with Crippen LogP contribution in [0.25, 0.3) is 0 Å². The highest BCUT2D eigenvalue weighted by atomic mass is 127. The maximum absolute atomic E-state index is 11.7. The zero-order chi connectivity index (χ0) is 9.42. The lowest BCUT2D eigenvalue weighted by atomic mass is 9.77. The third-order valence-corrected chi connectivity index (χ3v) is 3.75. The maximum Gasteiger partial charge on any atom is 0.178 e. The number of hydrogen-bond donors (Lipinski definition) is 0. The van der Waals surface area contributed by atoms with Gasteiger partial charge in [-0.25, -0.2) is 0 Å². The second kappa shape index (κ2) is 3.59. The van der Waals surface area contributed by atoms with E-state index in [1.807, 2.05) is 0 Å². The molecule has 2 nitrogen and oxygen atoms in total. The van der Waals surface area contributed by atoms with Gasteiger partial charge in [-0.2, -0.15) is 0 Å². The molecule has 2 aliphatic rings. The van der Waals surface area contributed by atoms with Gasteiger partial charge >= 0.3 is 0 Å². The van der Waals surface area contributed by atoms with E-state index < -0.39 is 0 Å². The summed E-state index contributed by atoms with van der Waals surface area (Å²) >= 11 is 2.07. The van der Waals surface area contributed by atoms with Crippen LogP contribution >= 0.6 is 22.6 Å². The number of carbonyl (C=O) groups excluding carboxylic acids is 1. The van der Waals surface area contributed by atoms with Gasteiger partial charge in [0, 0.05) is 0 Å². The maximum atomic E-state index is 11.7. The molecule has 0 bridgehead atoms. The molecule has 3 heteroatoms. The van der Waals surface area contributed by atoms with Gasteiger partial charge < -0.3 is 4.74 Å². The van der Waals surface area contributed by atoms with Gasteiger partial charge in [0.1, 0.15) is 12.4 Å². The Hall–Kier alpha value is -0.0600. The Bertz CT molecular complexity index is 260. The molecule has 0 spiro atoms. The van der Waals surface area contributed by atoms with E-state index in [1.54, 1.807) is 6.26 Å². The Balaban J connectivity index is 2.17. The Morgan fingerprint density at radius 2 is 2.31 bits per heavy atom. The summed E-state index contributed by atoms with van der Waals surface area (Å²) in [6.45, 7) is 2.22. The van der Waals surface area contributed by atoms with Crippen LogP contribution in [0.3, 0.4) is 0 Å². The standard InChI is InChI=1S/C10H13IO2/c1-6-2-3-9-7(4-6)10(12)8(11)5-13-9/h5-7,9H,2-4H2,1H3. The van der Waals surface area contributed by atoms with E-state index in [9.17, 15) is 4.79 Å². The first-order valence-corrected chi connectivity index (χ1v) is 5.81. The van der Waals surface area contributed by atoms with Gasteiger partial charge in [-0.05, 0) is 47.8 Å². The van der Waals surface area contributed by atoms with Gasteiger partial charge in [0.2, 0.25) is 0 Å². The molecule has 0 aromatic heterocycles. The molecule has 1 saturated carbocycles. The molecular formula is C10H13IO2. The van der Waals surface area contributed by atoms with Crippen molar-refractivity contribution in [1.29, 1.82) is 0 Å². The summed E-state index contributed by atoms with van der Waals surface area (Å²) in [5.41, 5.74) is 0. The highest BCUT2D eigenvalue weighted by Crippen LogP contribution is 2.37. The van der Waals surface area contributed by atoms with Gasteiger partial charge in [-0.1, -0.05) is 6.92 Å². The third kappa shape index (κ3) is 1.75. The van der Waals surface area contributed by atoms with Crippen molar-refractivity contribution in [3.05, 3.63) is 9.84 Å². The summed E-state index contributed by atoms with van der Waals surface area (Å²) < 4.78 is 6.28. The molecule has 0 saturated heterocycles. The molecule has 3 atom stereocenters. The van der Waals surface area contributed by atoms with E-state index >= 15 is 0 Å². The fourth-order valence-corrected chi connectivity index (χ4v) is 2.72. The minimum absolute atomic E-state index is 0.139. The largest absolute Gasteiger partial charge is 0.496 e. The number of ketones is 1. The number of hydrogen-bond acceptors (Lipinski definition) is 2. The number of halogens is 1. The highest BCUT2D eigenvalue weighted by molar-refractivity contribution is 14.1. The van der Waals surface area contributed by atoms with Crippen molar-refractivity contribution in [1.82, 2.24) is 0 Å². The number of Topliss-reactive ketones (excluding diaryl/α,β-unsaturated/α-hetero) is 1. The molecule has 13 heavy (non-hydrogen) atoms. The monoisotopic (exact) mass is 292 g/mol. The first-order valence-electron chi connectivity index (χ1n) is 4.74. The first kappa shape index (κ1) is 9.49. The Morgan fingerprint density at radius 3 is 3.08 bits per heavy atom. The Morgan fingerprint density at radius 1 is 1.54 bits per heavy atom. The van der Waals surface area contributed by atoms with Crippen LogP contribution in [0, 0.1) is 11.8 Å². The van der Waals surface area contributed by atoms with Gasteiger partial charge in [0.05, 0.1) is 9.50 Å². The zero-order valence-electron chi connectivity index (χ0n) is 7.63. The van der Waals surface area contributed by atoms with Crippen LogP contribution in [-0.4, -0.2) is 11.9 Å². The van der Waals surface area contributed by atoms with Crippen molar-refractivity contribution >= 4 is 28.4 Å². The summed E-state index contributed by atoms with van der Waals surface area (Å²) in [5.74, 6) is 1.11. The van der Waals surface area contributed by atoms with Crippen LogP contribution < -0.4 is 0 Å². The lowest BCUT2D eigenvalue weighted by Crippen LogP contribution is -2.38. The SMILES string of the molecule is CC1CCC2OC=C(I)C(=O)C2C1. The van der Waals surface area contributed by atoms with Crippen molar-refractivity contribution < 1.29 is 9.53 Å². The Kier molecular flexibility index (Phi) is 2.62. The molecule has 1 aliphatic carbocycles. The van der Waals surface area contributed by atoms with Crippen molar-refractivity contribution in [3.8, 4) is 0 Å². The molecule has 0 amide bonds. The van der Waals surface area contributed by atoms with E-state index in [2.05, 4.69) is 29.5 Å². The first-order chi connectivity index (χ1) is 6.18. The number of carbonyl (C=O) groups is 1. The van der Waals surface area contributed by atoms with E-state index in [0.29, 0.717) is 11.7 Å². The molecule has 1 aliphatic heterocycles. The molecule has 0 N–H and O–H groups in total. The molecule has 1 heterocycles. The van der Waals surface area contributed by atoms with Crippen LogP contribution in [0.15, 0.2) is 9.84 Å². The fraction of sp³-hybridized carbons (Fsp3) is 0.700. The van der Waals surface area contributed by atoms with Crippen LogP contribution in [0.4, 0.5) is 0 Å². The predicted octanol–water partition coefficient (Wildman–Crippen LogP) is 2.67. The summed E-state index contributed by atoms with van der Waals surface area (Å²) in [6.07, 6.45) is 5.03. The lowest BCUT2D eigenvalue weighted by Gasteiger charge is -2.35. The summed E-state index contributed by atoms with van der Waals surface area (Å²) in [7, 11) is 0. The van der Waals surface area contributed by atoms with Crippen molar-refractivity contribution in [3.63, 3.8) is 0 Å². The third-order valence-electron chi connectivity index (χ3n) is 2.97. The van der Waals surface area contributed by atoms with Crippen LogP contribution in [0.2, 0.25) is 0 Å². The van der Waals surface area contributed by atoms with Gasteiger partial charge in [-0.15, -0.1) is 0 Å². The van der Waals surface area contributed by atoms with E-state index in [0.717, 1.165) is 16.4 Å². The highest BCUT2D eigenvalue weighted by Gasteiger charge is 2.38. The van der Waals surface area contributed by atoms with Gasteiger partial charge in [0.15, 0.2) is 5.78 Å². The number of rotatable bonds is 0. The van der Waals surface area contributed by atoms with E-state index in [1.165, 1.54) is 6.42 Å². The molecule has 3 unspecified atom stereocenters. The second-order valence-corrected chi connectivity index (χ2v) is 5.19. The van der Waals surface area contributed by atoms with E-state index in [-0.39, 0.29) is 12.0 Å². The Labute approximate surface area is 91.9 Å². The van der Waals surface area contributed by atoms with Gasteiger partial charge in [0.25, 0.3) is 0 Å². The van der Waals surface area contributed by atoms with E-state index in [4.69, 9.17) is 4.74 Å². The molecule has 0 aromatic carbocycles. The van der Waals surface area contributed by atoms with Crippen molar-refractivity contribution in [2.45, 2.75) is 32.3 Å². The normalized spacial score (nSPS) is 39.1. The molecule has 1 fully saturated rings. The van der Waals surface area contributed by atoms with Crippen LogP contribution in [0.1, 0.15) is 26.2 Å². The van der Waals surface area contributed by atoms with Crippen molar-refractivity contribution in [2.24, 2.45) is 11.8 Å². The zero-order valence-corrected chi connectivity index (χ0v) is 9.78. The number of fused-ring (bicyclic) bond motifs is 1. The summed E-state index contributed by atoms with van der Waals surface area (Å²) in [6, 6.07) is 0. The average Bonchev–Trinajstić information content (AvgIpc) is 2.12. The smallest absolute Gasteiger partial charge is 0.178 e. The van der Waals surface area contributed by atoms with Crippen LogP contribution in [0.5, 0.6) is 0 Å². The number of ether oxygens (including phenoxy) is 1. The second-order valence-electron chi connectivity index (χ2n) is 4.03.